The normalized spacial score (nSPS) is 9.18. The fourth-order valence-corrected chi connectivity index (χ4v) is 0.755. The molecule has 0 bridgehead atoms. The van der Waals surface area contributed by atoms with Crippen LogP contribution in [0.2, 0.25) is 0 Å². The quantitative estimate of drug-likeness (QED) is 0.700. The van der Waals surface area contributed by atoms with Gasteiger partial charge in [-0.15, -0.1) is 0 Å². The number of aromatic amines is 1. The summed E-state index contributed by atoms with van der Waals surface area (Å²) in [6.07, 6.45) is 1.10. The van der Waals surface area contributed by atoms with Gasteiger partial charge in [0, 0.05) is 6.20 Å². The maximum absolute atomic E-state index is 12.7. The van der Waals surface area contributed by atoms with Gasteiger partial charge in [-0.1, -0.05) is 0 Å². The van der Waals surface area contributed by atoms with Gasteiger partial charge in [-0.2, -0.15) is 5.26 Å². The summed E-state index contributed by atoms with van der Waals surface area (Å²) in [6.45, 7) is 2.08. The maximum atomic E-state index is 12.7. The van der Waals surface area contributed by atoms with Crippen LogP contribution in [0.1, 0.15) is 12.6 Å². The summed E-state index contributed by atoms with van der Waals surface area (Å²) in [5, 5.41) is 8.43. The highest BCUT2D eigenvalue weighted by atomic mass is 19.1. The molecule has 3 nitrogen and oxygen atoms in total. The Labute approximate surface area is 63.4 Å². The maximum Gasteiger partial charge on any atom is 0.190 e. The summed E-state index contributed by atoms with van der Waals surface area (Å²) >= 11 is 0. The first-order valence-corrected chi connectivity index (χ1v) is 3.19. The van der Waals surface area contributed by atoms with Crippen LogP contribution in [0, 0.1) is 17.1 Å². The lowest BCUT2D eigenvalue weighted by molar-refractivity contribution is 0.322. The van der Waals surface area contributed by atoms with Crippen LogP contribution in [0.5, 0.6) is 5.75 Å². The SMILES string of the molecule is CCOc1c(F)c[nH]c1C#N. The monoisotopic (exact) mass is 154 g/mol. The third kappa shape index (κ3) is 1.32. The van der Waals surface area contributed by atoms with Gasteiger partial charge in [0.1, 0.15) is 6.07 Å². The van der Waals surface area contributed by atoms with E-state index in [2.05, 4.69) is 4.98 Å². The first kappa shape index (κ1) is 7.61. The summed E-state index contributed by atoms with van der Waals surface area (Å²) < 4.78 is 17.5. The van der Waals surface area contributed by atoms with Gasteiger partial charge in [-0.05, 0) is 6.92 Å². The Morgan fingerprint density at radius 3 is 3.09 bits per heavy atom. The number of nitrogens with zero attached hydrogens (tertiary/aromatic N) is 1. The summed E-state index contributed by atoms with van der Waals surface area (Å²) in [5.74, 6) is -0.515. The van der Waals surface area contributed by atoms with E-state index in [0.29, 0.717) is 6.61 Å². The number of ether oxygens (including phenoxy) is 1. The molecule has 0 saturated heterocycles. The Bertz CT molecular complexity index is 287. The molecule has 0 saturated carbocycles. The van der Waals surface area contributed by atoms with Crippen molar-refractivity contribution in [3.05, 3.63) is 17.7 Å². The number of nitriles is 1. The third-order valence-electron chi connectivity index (χ3n) is 1.19. The molecule has 0 spiro atoms. The molecule has 0 unspecified atom stereocenters. The van der Waals surface area contributed by atoms with E-state index in [0.717, 1.165) is 6.20 Å². The molecule has 0 radical (unpaired) electrons. The highest BCUT2D eigenvalue weighted by Crippen LogP contribution is 2.20. The molecular weight excluding hydrogens is 147 g/mol. The van der Waals surface area contributed by atoms with E-state index < -0.39 is 5.82 Å². The second-order valence-electron chi connectivity index (χ2n) is 1.89. The molecule has 1 aromatic heterocycles. The van der Waals surface area contributed by atoms with Crippen molar-refractivity contribution in [2.24, 2.45) is 0 Å². The molecular formula is C7H7FN2O. The van der Waals surface area contributed by atoms with Crippen molar-refractivity contribution in [2.45, 2.75) is 6.92 Å². The fraction of sp³-hybridized carbons (Fsp3) is 0.286. The average Bonchev–Trinajstić information content (AvgIpc) is 2.34. The molecule has 0 aromatic carbocycles. The second kappa shape index (κ2) is 3.06. The summed E-state index contributed by atoms with van der Waals surface area (Å²) in [6, 6.07) is 1.78. The number of hydrogen-bond donors (Lipinski definition) is 1. The van der Waals surface area contributed by atoms with Gasteiger partial charge in [0.25, 0.3) is 0 Å². The Hall–Kier alpha value is -1.50. The minimum Gasteiger partial charge on any atom is -0.488 e. The van der Waals surface area contributed by atoms with Crippen LogP contribution in [0.3, 0.4) is 0 Å². The molecule has 0 fully saturated rings. The Morgan fingerprint density at radius 1 is 1.82 bits per heavy atom. The van der Waals surface area contributed by atoms with Crippen molar-refractivity contribution in [1.82, 2.24) is 4.98 Å². The Balaban J connectivity index is 3.00. The lowest BCUT2D eigenvalue weighted by atomic mass is 10.4. The van der Waals surface area contributed by atoms with E-state index in [9.17, 15) is 4.39 Å². The van der Waals surface area contributed by atoms with Crippen molar-refractivity contribution in [2.75, 3.05) is 6.61 Å². The highest BCUT2D eigenvalue weighted by molar-refractivity contribution is 5.38. The van der Waals surface area contributed by atoms with Gasteiger partial charge < -0.3 is 9.72 Å². The first-order valence-electron chi connectivity index (χ1n) is 3.19. The zero-order chi connectivity index (χ0) is 8.27. The van der Waals surface area contributed by atoms with Crippen LogP contribution in [0.25, 0.3) is 0 Å². The van der Waals surface area contributed by atoms with Gasteiger partial charge in [0.05, 0.1) is 6.61 Å². The second-order valence-corrected chi connectivity index (χ2v) is 1.89. The minimum atomic E-state index is -0.525. The van der Waals surface area contributed by atoms with E-state index in [1.165, 1.54) is 0 Å². The third-order valence-corrected chi connectivity index (χ3v) is 1.19. The van der Waals surface area contributed by atoms with Crippen LogP contribution in [0.4, 0.5) is 4.39 Å². The molecule has 0 atom stereocenters. The Kier molecular flexibility index (Phi) is 2.12. The predicted octanol–water partition coefficient (Wildman–Crippen LogP) is 1.42. The minimum absolute atomic E-state index is 0.00926. The number of nitrogens with one attached hydrogen (secondary N) is 1. The van der Waals surface area contributed by atoms with Crippen molar-refractivity contribution >= 4 is 0 Å². The average molecular weight is 154 g/mol. The summed E-state index contributed by atoms with van der Waals surface area (Å²) in [7, 11) is 0. The molecule has 1 N–H and O–H groups in total. The summed E-state index contributed by atoms with van der Waals surface area (Å²) in [4.78, 5) is 2.45. The van der Waals surface area contributed by atoms with E-state index in [-0.39, 0.29) is 11.4 Å². The molecule has 0 aliphatic carbocycles. The van der Waals surface area contributed by atoms with Crippen LogP contribution in [-0.2, 0) is 0 Å². The van der Waals surface area contributed by atoms with E-state index in [4.69, 9.17) is 10.00 Å². The molecule has 0 aliphatic rings. The lowest BCUT2D eigenvalue weighted by Gasteiger charge is -1.98. The van der Waals surface area contributed by atoms with Gasteiger partial charge in [0.15, 0.2) is 17.3 Å². The van der Waals surface area contributed by atoms with Gasteiger partial charge in [-0.3, -0.25) is 0 Å². The molecule has 11 heavy (non-hydrogen) atoms. The van der Waals surface area contributed by atoms with Crippen molar-refractivity contribution in [1.29, 1.82) is 5.26 Å². The molecule has 1 aromatic rings. The molecule has 1 heterocycles. The van der Waals surface area contributed by atoms with Crippen LogP contribution in [0.15, 0.2) is 6.20 Å². The standard InChI is InChI=1S/C7H7FN2O/c1-2-11-7-5(8)4-10-6(7)3-9/h4,10H,2H2,1H3. The van der Waals surface area contributed by atoms with E-state index in [1.54, 1.807) is 13.0 Å². The van der Waals surface area contributed by atoms with Gasteiger partial charge in [-0.25, -0.2) is 4.39 Å². The Morgan fingerprint density at radius 2 is 2.55 bits per heavy atom. The van der Waals surface area contributed by atoms with E-state index in [1.807, 2.05) is 0 Å². The zero-order valence-electron chi connectivity index (χ0n) is 6.02. The molecule has 58 valence electrons. The smallest absolute Gasteiger partial charge is 0.190 e. The van der Waals surface area contributed by atoms with Gasteiger partial charge in [0.2, 0.25) is 0 Å². The topological polar surface area (TPSA) is 48.8 Å². The van der Waals surface area contributed by atoms with Crippen LogP contribution < -0.4 is 4.74 Å². The number of hydrogen-bond acceptors (Lipinski definition) is 2. The van der Waals surface area contributed by atoms with Crippen LogP contribution in [-0.4, -0.2) is 11.6 Å². The summed E-state index contributed by atoms with van der Waals surface area (Å²) in [5.41, 5.74) is 0.129. The number of H-pyrrole nitrogens is 1. The number of halogens is 1. The predicted molar refractivity (Wildman–Crippen MR) is 36.6 cm³/mol. The largest absolute Gasteiger partial charge is 0.488 e. The number of rotatable bonds is 2. The van der Waals surface area contributed by atoms with Gasteiger partial charge >= 0.3 is 0 Å². The van der Waals surface area contributed by atoms with Crippen LogP contribution >= 0.6 is 0 Å². The first-order chi connectivity index (χ1) is 5.29. The van der Waals surface area contributed by atoms with E-state index >= 15 is 0 Å². The molecule has 0 aliphatic heterocycles. The van der Waals surface area contributed by atoms with Crippen molar-refractivity contribution in [3.63, 3.8) is 0 Å². The number of aromatic nitrogens is 1. The lowest BCUT2D eigenvalue weighted by Crippen LogP contribution is -1.93. The molecule has 0 amide bonds. The molecule has 4 heteroatoms. The van der Waals surface area contributed by atoms with Crippen molar-refractivity contribution < 1.29 is 9.13 Å². The highest BCUT2D eigenvalue weighted by Gasteiger charge is 2.10. The van der Waals surface area contributed by atoms with Crippen molar-refractivity contribution in [3.8, 4) is 11.8 Å². The fourth-order valence-electron chi connectivity index (χ4n) is 0.755. The molecule has 1 rings (SSSR count). The zero-order valence-corrected chi connectivity index (χ0v) is 6.02.